The highest BCUT2D eigenvalue weighted by molar-refractivity contribution is 5.64. The smallest absolute Gasteiger partial charge is 0.200 e. The summed E-state index contributed by atoms with van der Waals surface area (Å²) in [5, 5.41) is 79.0. The van der Waals surface area contributed by atoms with Crippen LogP contribution in [0, 0.1) is 0 Å². The summed E-state index contributed by atoms with van der Waals surface area (Å²) in [6.45, 7) is 0. The molecule has 0 bridgehead atoms. The van der Waals surface area contributed by atoms with Crippen LogP contribution >= 0.6 is 0 Å². The van der Waals surface area contributed by atoms with Gasteiger partial charge < -0.3 is 40.9 Å². The van der Waals surface area contributed by atoms with Crippen LogP contribution in [0.25, 0.3) is 0 Å². The molecule has 0 aromatic heterocycles. The lowest BCUT2D eigenvalue weighted by atomic mass is 9.83. The molecular weight excluding hydrogens is 356 g/mol. The molecule has 3 aromatic carbocycles. The molecule has 8 heteroatoms. The van der Waals surface area contributed by atoms with Crippen LogP contribution in [0.5, 0.6) is 46.0 Å². The van der Waals surface area contributed by atoms with Crippen LogP contribution in [0.1, 0.15) is 22.6 Å². The predicted octanol–water partition coefficient (Wildman–Crippen LogP) is 2.51. The van der Waals surface area contributed by atoms with Crippen molar-refractivity contribution in [1.82, 2.24) is 0 Å². The van der Waals surface area contributed by atoms with Gasteiger partial charge in [-0.2, -0.15) is 0 Å². The standard InChI is InChI=1S/C19H16O8/c20-9-5-8(6-10(21)7-9)15(11-1-3-13(22)18(26)16(11)24)12-2-4-14(23)19(27)17(12)25/h1-7,15,20-27H. The number of aromatic hydroxyl groups is 8. The molecule has 8 N–H and O–H groups in total. The van der Waals surface area contributed by atoms with E-state index < -0.39 is 40.4 Å². The van der Waals surface area contributed by atoms with Crippen molar-refractivity contribution in [2.75, 3.05) is 0 Å². The Morgan fingerprint density at radius 2 is 0.889 bits per heavy atom. The maximum absolute atomic E-state index is 10.3. The van der Waals surface area contributed by atoms with E-state index in [0.717, 1.165) is 18.2 Å². The first-order valence-corrected chi connectivity index (χ1v) is 7.71. The van der Waals surface area contributed by atoms with E-state index in [9.17, 15) is 40.9 Å². The lowest BCUT2D eigenvalue weighted by Crippen LogP contribution is -2.04. The summed E-state index contributed by atoms with van der Waals surface area (Å²) >= 11 is 0. The summed E-state index contributed by atoms with van der Waals surface area (Å²) in [5.41, 5.74) is 0.180. The fraction of sp³-hybridized carbons (Fsp3) is 0.0526. The molecule has 0 aliphatic rings. The fourth-order valence-electron chi connectivity index (χ4n) is 2.95. The van der Waals surface area contributed by atoms with Gasteiger partial charge in [0.2, 0.25) is 11.5 Å². The number of phenolic OH excluding ortho intramolecular Hbond substituents is 8. The number of phenols is 8. The molecule has 3 aromatic rings. The maximum Gasteiger partial charge on any atom is 0.200 e. The molecule has 3 rings (SSSR count). The molecule has 0 unspecified atom stereocenters. The Morgan fingerprint density at radius 1 is 0.481 bits per heavy atom. The second kappa shape index (κ2) is 6.41. The quantitative estimate of drug-likeness (QED) is 0.257. The second-order valence-corrected chi connectivity index (χ2v) is 5.96. The highest BCUT2D eigenvalue weighted by atomic mass is 16.3. The van der Waals surface area contributed by atoms with Gasteiger partial charge in [-0.1, -0.05) is 12.1 Å². The Hall–Kier alpha value is -3.94. The SMILES string of the molecule is Oc1cc(O)cc(C(c2ccc(O)c(O)c2O)c2ccc(O)c(O)c2O)c1. The van der Waals surface area contributed by atoms with Gasteiger partial charge >= 0.3 is 0 Å². The van der Waals surface area contributed by atoms with Crippen molar-refractivity contribution in [2.24, 2.45) is 0 Å². The Balaban J connectivity index is 2.35. The van der Waals surface area contributed by atoms with E-state index in [1.807, 2.05) is 0 Å². The normalized spacial score (nSPS) is 11.0. The van der Waals surface area contributed by atoms with Crippen LogP contribution in [0.3, 0.4) is 0 Å². The van der Waals surface area contributed by atoms with Crippen LogP contribution < -0.4 is 0 Å². The Kier molecular flexibility index (Phi) is 4.24. The van der Waals surface area contributed by atoms with Crippen LogP contribution in [-0.2, 0) is 0 Å². The minimum absolute atomic E-state index is 0.00399. The number of benzene rings is 3. The van der Waals surface area contributed by atoms with E-state index in [1.165, 1.54) is 24.3 Å². The molecule has 0 amide bonds. The first-order chi connectivity index (χ1) is 12.7. The van der Waals surface area contributed by atoms with E-state index in [1.54, 1.807) is 0 Å². The molecule has 0 fully saturated rings. The van der Waals surface area contributed by atoms with Crippen LogP contribution in [0.2, 0.25) is 0 Å². The number of rotatable bonds is 3. The first-order valence-electron chi connectivity index (χ1n) is 7.71. The van der Waals surface area contributed by atoms with Crippen molar-refractivity contribution in [1.29, 1.82) is 0 Å². The molecular formula is C19H16O8. The highest BCUT2D eigenvalue weighted by Crippen LogP contribution is 2.49. The van der Waals surface area contributed by atoms with Crippen LogP contribution in [0.4, 0.5) is 0 Å². The third kappa shape index (κ3) is 3.04. The molecule has 0 aliphatic heterocycles. The van der Waals surface area contributed by atoms with Gasteiger partial charge in [-0.3, -0.25) is 0 Å². The fourth-order valence-corrected chi connectivity index (χ4v) is 2.95. The Morgan fingerprint density at radius 3 is 1.30 bits per heavy atom. The summed E-state index contributed by atoms with van der Waals surface area (Å²) in [5.74, 6) is -5.86. The highest BCUT2D eigenvalue weighted by Gasteiger charge is 2.28. The molecule has 0 saturated heterocycles. The molecule has 0 atom stereocenters. The second-order valence-electron chi connectivity index (χ2n) is 5.96. The summed E-state index contributed by atoms with van der Waals surface area (Å²) in [7, 11) is 0. The molecule has 0 spiro atoms. The van der Waals surface area contributed by atoms with Crippen LogP contribution in [0.15, 0.2) is 42.5 Å². The van der Waals surface area contributed by atoms with E-state index in [-0.39, 0.29) is 28.2 Å². The van der Waals surface area contributed by atoms with E-state index in [0.29, 0.717) is 0 Å². The summed E-state index contributed by atoms with van der Waals surface area (Å²) in [4.78, 5) is 0. The monoisotopic (exact) mass is 372 g/mol. The van der Waals surface area contributed by atoms with Crippen molar-refractivity contribution < 1.29 is 40.9 Å². The zero-order valence-electron chi connectivity index (χ0n) is 13.7. The lowest BCUT2D eigenvalue weighted by molar-refractivity contribution is 0.360. The van der Waals surface area contributed by atoms with E-state index in [4.69, 9.17) is 0 Å². The summed E-state index contributed by atoms with van der Waals surface area (Å²) < 4.78 is 0. The van der Waals surface area contributed by atoms with Crippen molar-refractivity contribution in [3.63, 3.8) is 0 Å². The van der Waals surface area contributed by atoms with Gasteiger partial charge in [-0.15, -0.1) is 0 Å². The molecule has 0 heterocycles. The number of hydrogen-bond acceptors (Lipinski definition) is 8. The average Bonchev–Trinajstić information content (AvgIpc) is 2.61. The van der Waals surface area contributed by atoms with Gasteiger partial charge in [-0.25, -0.2) is 0 Å². The molecule has 140 valence electrons. The zero-order chi connectivity index (χ0) is 19.9. The van der Waals surface area contributed by atoms with Crippen molar-refractivity contribution in [2.45, 2.75) is 5.92 Å². The molecule has 0 radical (unpaired) electrons. The van der Waals surface area contributed by atoms with Crippen molar-refractivity contribution in [3.05, 3.63) is 59.2 Å². The van der Waals surface area contributed by atoms with Crippen LogP contribution in [-0.4, -0.2) is 40.9 Å². The first kappa shape index (κ1) is 17.9. The van der Waals surface area contributed by atoms with E-state index >= 15 is 0 Å². The van der Waals surface area contributed by atoms with Crippen molar-refractivity contribution in [3.8, 4) is 46.0 Å². The lowest BCUT2D eigenvalue weighted by Gasteiger charge is -2.22. The Labute approximate surface area is 152 Å². The average molecular weight is 372 g/mol. The minimum Gasteiger partial charge on any atom is -0.508 e. The molecule has 8 nitrogen and oxygen atoms in total. The van der Waals surface area contributed by atoms with Gasteiger partial charge in [0, 0.05) is 23.1 Å². The van der Waals surface area contributed by atoms with Gasteiger partial charge in [0.15, 0.2) is 23.0 Å². The third-order valence-electron chi connectivity index (χ3n) is 4.20. The molecule has 27 heavy (non-hydrogen) atoms. The maximum atomic E-state index is 10.3. The van der Waals surface area contributed by atoms with Gasteiger partial charge in [0.1, 0.15) is 11.5 Å². The molecule has 0 aliphatic carbocycles. The van der Waals surface area contributed by atoms with Crippen molar-refractivity contribution >= 4 is 0 Å². The largest absolute Gasteiger partial charge is 0.508 e. The zero-order valence-corrected chi connectivity index (χ0v) is 13.7. The minimum atomic E-state index is -1.10. The van der Waals surface area contributed by atoms with Gasteiger partial charge in [-0.05, 0) is 29.8 Å². The Bertz CT molecular complexity index is 951. The third-order valence-corrected chi connectivity index (χ3v) is 4.20. The summed E-state index contributed by atoms with van der Waals surface area (Å²) in [6.07, 6.45) is 0. The van der Waals surface area contributed by atoms with Gasteiger partial charge in [0.05, 0.1) is 0 Å². The topological polar surface area (TPSA) is 162 Å². The molecule has 0 saturated carbocycles. The van der Waals surface area contributed by atoms with Gasteiger partial charge in [0.25, 0.3) is 0 Å². The number of hydrogen-bond donors (Lipinski definition) is 8. The predicted molar refractivity (Wildman–Crippen MR) is 93.6 cm³/mol. The van der Waals surface area contributed by atoms with E-state index in [2.05, 4.69) is 0 Å². The summed E-state index contributed by atoms with van der Waals surface area (Å²) in [6, 6.07) is 8.31.